The summed E-state index contributed by atoms with van der Waals surface area (Å²) in [7, 11) is 0. The number of anilines is 2. The van der Waals surface area contributed by atoms with Gasteiger partial charge in [0.25, 0.3) is 0 Å². The van der Waals surface area contributed by atoms with Gasteiger partial charge in [-0.2, -0.15) is 9.97 Å². The molecule has 0 atom stereocenters. The van der Waals surface area contributed by atoms with Gasteiger partial charge in [0.2, 0.25) is 11.8 Å². The van der Waals surface area contributed by atoms with E-state index in [1.165, 1.54) is 0 Å². The van der Waals surface area contributed by atoms with Gasteiger partial charge in [0, 0.05) is 17.6 Å². The highest BCUT2D eigenvalue weighted by Crippen LogP contribution is 2.24. The average molecular weight is 265 g/mol. The Kier molecular flexibility index (Phi) is 3.84. The maximum Gasteiger partial charge on any atom is 0.226 e. The molecule has 0 aliphatic heterocycles. The number of aromatic nitrogens is 2. The van der Waals surface area contributed by atoms with Gasteiger partial charge in [0.1, 0.15) is 11.6 Å². The van der Waals surface area contributed by atoms with Crippen molar-refractivity contribution in [2.45, 2.75) is 6.92 Å². The van der Waals surface area contributed by atoms with E-state index in [1.807, 2.05) is 6.92 Å². The van der Waals surface area contributed by atoms with Crippen LogP contribution in [0.15, 0.2) is 30.3 Å². The fourth-order valence-electron chi connectivity index (χ4n) is 1.42. The van der Waals surface area contributed by atoms with Gasteiger partial charge in [0.15, 0.2) is 0 Å². The lowest BCUT2D eigenvalue weighted by Crippen LogP contribution is -2.04. The predicted molar refractivity (Wildman–Crippen MR) is 72.1 cm³/mol. The van der Waals surface area contributed by atoms with E-state index in [-0.39, 0.29) is 5.95 Å². The molecule has 6 heteroatoms. The molecule has 18 heavy (non-hydrogen) atoms. The van der Waals surface area contributed by atoms with E-state index in [4.69, 9.17) is 22.1 Å². The number of halogens is 1. The lowest BCUT2D eigenvalue weighted by molar-refractivity contribution is 0.463. The van der Waals surface area contributed by atoms with Crippen LogP contribution in [-0.4, -0.2) is 16.5 Å². The van der Waals surface area contributed by atoms with Crippen molar-refractivity contribution in [2.24, 2.45) is 0 Å². The van der Waals surface area contributed by atoms with Crippen LogP contribution in [0.3, 0.4) is 0 Å². The van der Waals surface area contributed by atoms with Crippen molar-refractivity contribution in [2.75, 3.05) is 17.6 Å². The second kappa shape index (κ2) is 5.55. The summed E-state index contributed by atoms with van der Waals surface area (Å²) in [4.78, 5) is 8.03. The van der Waals surface area contributed by atoms with Crippen LogP contribution in [0.5, 0.6) is 11.6 Å². The van der Waals surface area contributed by atoms with Gasteiger partial charge in [-0.25, -0.2) is 0 Å². The Bertz CT molecular complexity index is 547. The smallest absolute Gasteiger partial charge is 0.226 e. The first kappa shape index (κ1) is 12.4. The van der Waals surface area contributed by atoms with E-state index < -0.39 is 0 Å². The van der Waals surface area contributed by atoms with Gasteiger partial charge in [-0.15, -0.1) is 0 Å². The Hall–Kier alpha value is -2.01. The lowest BCUT2D eigenvalue weighted by Gasteiger charge is -2.08. The molecular formula is C12H13ClN4O. The molecule has 0 saturated heterocycles. The van der Waals surface area contributed by atoms with Gasteiger partial charge < -0.3 is 15.8 Å². The SMILES string of the molecule is CCNc1cc(Oc2cccc(Cl)c2)nc(N)n1. The first-order chi connectivity index (χ1) is 8.67. The Balaban J connectivity index is 2.23. The normalized spacial score (nSPS) is 10.1. The fraction of sp³-hybridized carbons (Fsp3) is 0.167. The third-order valence-electron chi connectivity index (χ3n) is 2.10. The number of benzene rings is 1. The maximum absolute atomic E-state index is 5.87. The van der Waals surface area contributed by atoms with Gasteiger partial charge in [-0.1, -0.05) is 17.7 Å². The molecule has 2 rings (SSSR count). The van der Waals surface area contributed by atoms with Gasteiger partial charge in [0.05, 0.1) is 0 Å². The second-order valence-corrected chi connectivity index (χ2v) is 3.98. The highest BCUT2D eigenvalue weighted by atomic mass is 35.5. The van der Waals surface area contributed by atoms with Crippen molar-refractivity contribution < 1.29 is 4.74 Å². The van der Waals surface area contributed by atoms with Crippen molar-refractivity contribution in [1.29, 1.82) is 0 Å². The molecule has 0 amide bonds. The zero-order chi connectivity index (χ0) is 13.0. The molecule has 94 valence electrons. The van der Waals surface area contributed by atoms with Gasteiger partial charge >= 0.3 is 0 Å². The van der Waals surface area contributed by atoms with Crippen molar-refractivity contribution in [3.05, 3.63) is 35.4 Å². The fourth-order valence-corrected chi connectivity index (χ4v) is 1.60. The molecule has 1 heterocycles. The summed E-state index contributed by atoms with van der Waals surface area (Å²) in [6.07, 6.45) is 0. The first-order valence-electron chi connectivity index (χ1n) is 5.49. The third-order valence-corrected chi connectivity index (χ3v) is 2.33. The predicted octanol–water partition coefficient (Wildman–Crippen LogP) is 2.94. The van der Waals surface area contributed by atoms with Gasteiger partial charge in [-0.05, 0) is 25.1 Å². The van der Waals surface area contributed by atoms with Crippen LogP contribution < -0.4 is 15.8 Å². The molecule has 0 unspecified atom stereocenters. The number of nitrogens with one attached hydrogen (secondary N) is 1. The summed E-state index contributed by atoms with van der Waals surface area (Å²) >= 11 is 5.87. The van der Waals surface area contributed by atoms with Crippen LogP contribution in [0, 0.1) is 0 Å². The monoisotopic (exact) mass is 264 g/mol. The van der Waals surface area contributed by atoms with Crippen LogP contribution >= 0.6 is 11.6 Å². The summed E-state index contributed by atoms with van der Waals surface area (Å²) in [6, 6.07) is 8.74. The highest BCUT2D eigenvalue weighted by molar-refractivity contribution is 6.30. The maximum atomic E-state index is 5.87. The molecule has 0 aliphatic rings. The number of nitrogen functional groups attached to an aromatic ring is 1. The number of hydrogen-bond donors (Lipinski definition) is 2. The van der Waals surface area contributed by atoms with Crippen molar-refractivity contribution >= 4 is 23.4 Å². The molecule has 0 saturated carbocycles. The van der Waals surface area contributed by atoms with E-state index in [1.54, 1.807) is 30.3 Å². The van der Waals surface area contributed by atoms with E-state index in [2.05, 4.69) is 15.3 Å². The molecule has 3 N–H and O–H groups in total. The zero-order valence-electron chi connectivity index (χ0n) is 9.85. The van der Waals surface area contributed by atoms with E-state index in [0.29, 0.717) is 22.5 Å². The molecule has 1 aromatic carbocycles. The molecule has 0 fully saturated rings. The first-order valence-corrected chi connectivity index (χ1v) is 5.87. The number of rotatable bonds is 4. The average Bonchev–Trinajstić information content (AvgIpc) is 2.28. The Morgan fingerprint density at radius 1 is 1.33 bits per heavy atom. The minimum atomic E-state index is 0.158. The van der Waals surface area contributed by atoms with Crippen molar-refractivity contribution in [3.8, 4) is 11.6 Å². The largest absolute Gasteiger partial charge is 0.439 e. The quantitative estimate of drug-likeness (QED) is 0.888. The molecule has 0 bridgehead atoms. The number of hydrogen-bond acceptors (Lipinski definition) is 5. The van der Waals surface area contributed by atoms with Crippen molar-refractivity contribution in [1.82, 2.24) is 9.97 Å². The van der Waals surface area contributed by atoms with E-state index >= 15 is 0 Å². The lowest BCUT2D eigenvalue weighted by atomic mass is 10.3. The third kappa shape index (κ3) is 3.24. The van der Waals surface area contributed by atoms with Crippen LogP contribution in [0.1, 0.15) is 6.92 Å². The number of ether oxygens (including phenoxy) is 1. The topological polar surface area (TPSA) is 73.1 Å². The Labute approximate surface area is 110 Å². The van der Waals surface area contributed by atoms with Gasteiger partial charge in [-0.3, -0.25) is 0 Å². The number of nitrogens with two attached hydrogens (primary N) is 1. The van der Waals surface area contributed by atoms with Crippen LogP contribution in [0.2, 0.25) is 5.02 Å². The Morgan fingerprint density at radius 2 is 2.17 bits per heavy atom. The molecule has 0 aliphatic carbocycles. The Morgan fingerprint density at radius 3 is 2.89 bits per heavy atom. The second-order valence-electron chi connectivity index (χ2n) is 3.54. The molecular weight excluding hydrogens is 252 g/mol. The molecule has 2 aromatic rings. The minimum absolute atomic E-state index is 0.158. The van der Waals surface area contributed by atoms with Crippen molar-refractivity contribution in [3.63, 3.8) is 0 Å². The standard InChI is InChI=1S/C12H13ClN4O/c1-2-15-10-7-11(17-12(14)16-10)18-9-5-3-4-8(13)6-9/h3-7H,2H2,1H3,(H3,14,15,16,17). The van der Waals surface area contributed by atoms with E-state index in [9.17, 15) is 0 Å². The highest BCUT2D eigenvalue weighted by Gasteiger charge is 2.04. The van der Waals surface area contributed by atoms with Crippen LogP contribution in [-0.2, 0) is 0 Å². The zero-order valence-corrected chi connectivity index (χ0v) is 10.6. The van der Waals surface area contributed by atoms with Crippen LogP contribution in [0.4, 0.5) is 11.8 Å². The summed E-state index contributed by atoms with van der Waals surface area (Å²) in [5.41, 5.74) is 5.60. The number of nitrogens with zero attached hydrogens (tertiary/aromatic N) is 2. The summed E-state index contributed by atoms with van der Waals surface area (Å²) in [5, 5.41) is 3.65. The van der Waals surface area contributed by atoms with Crippen LogP contribution in [0.25, 0.3) is 0 Å². The molecule has 5 nitrogen and oxygen atoms in total. The minimum Gasteiger partial charge on any atom is -0.439 e. The molecule has 0 spiro atoms. The molecule has 0 radical (unpaired) electrons. The summed E-state index contributed by atoms with van der Waals surface area (Å²) in [5.74, 6) is 1.76. The summed E-state index contributed by atoms with van der Waals surface area (Å²) in [6.45, 7) is 2.71. The van der Waals surface area contributed by atoms with E-state index in [0.717, 1.165) is 6.54 Å². The summed E-state index contributed by atoms with van der Waals surface area (Å²) < 4.78 is 5.57. The molecule has 1 aromatic heterocycles.